The third-order valence-corrected chi connectivity index (χ3v) is 5.08. The van der Waals surface area contributed by atoms with E-state index in [2.05, 4.69) is 5.32 Å². The van der Waals surface area contributed by atoms with Gasteiger partial charge in [0.1, 0.15) is 0 Å². The lowest BCUT2D eigenvalue weighted by Gasteiger charge is -2.34. The molecule has 2 amide bonds. The smallest absolute Gasteiger partial charge is 0.321 e. The summed E-state index contributed by atoms with van der Waals surface area (Å²) in [5.41, 5.74) is 0.330. The zero-order valence-electron chi connectivity index (χ0n) is 14.9. The number of piperidine rings is 1. The highest BCUT2D eigenvalue weighted by molar-refractivity contribution is 5.89. The molecule has 1 saturated carbocycles. The number of anilines is 1. The SMILES string of the molecule is CC1CC(C(=O)O)CN(C(=O)Nc2ccc(OC3CCCC3)c(F)c2)C1. The molecule has 2 fully saturated rings. The van der Waals surface area contributed by atoms with Crippen LogP contribution in [0.3, 0.4) is 0 Å². The Bertz CT molecular complexity index is 676. The van der Waals surface area contributed by atoms with Gasteiger partial charge in [0.25, 0.3) is 0 Å². The summed E-state index contributed by atoms with van der Waals surface area (Å²) >= 11 is 0. The van der Waals surface area contributed by atoms with Crippen LogP contribution in [0.15, 0.2) is 18.2 Å². The fourth-order valence-electron chi connectivity index (χ4n) is 3.76. The first kappa shape index (κ1) is 18.5. The summed E-state index contributed by atoms with van der Waals surface area (Å²) in [5.74, 6) is -1.66. The van der Waals surface area contributed by atoms with E-state index in [0.717, 1.165) is 25.7 Å². The lowest BCUT2D eigenvalue weighted by molar-refractivity contribution is -0.143. The second kappa shape index (κ2) is 7.93. The normalized spacial score (nSPS) is 23.7. The largest absolute Gasteiger partial charge is 0.487 e. The number of carbonyl (C=O) groups excluding carboxylic acids is 1. The van der Waals surface area contributed by atoms with E-state index in [1.807, 2.05) is 6.92 Å². The Morgan fingerprint density at radius 2 is 2.00 bits per heavy atom. The Kier molecular flexibility index (Phi) is 5.64. The van der Waals surface area contributed by atoms with Crippen LogP contribution < -0.4 is 10.1 Å². The highest BCUT2D eigenvalue weighted by atomic mass is 19.1. The average molecular weight is 364 g/mol. The van der Waals surface area contributed by atoms with Gasteiger partial charge in [-0.1, -0.05) is 6.92 Å². The summed E-state index contributed by atoms with van der Waals surface area (Å²) in [5, 5.41) is 11.9. The summed E-state index contributed by atoms with van der Waals surface area (Å²) in [7, 11) is 0. The van der Waals surface area contributed by atoms with Crippen LogP contribution in [-0.4, -0.2) is 41.2 Å². The summed E-state index contributed by atoms with van der Waals surface area (Å²) in [6.07, 6.45) is 4.71. The first-order valence-electron chi connectivity index (χ1n) is 9.17. The Hall–Kier alpha value is -2.31. The van der Waals surface area contributed by atoms with E-state index in [4.69, 9.17) is 4.74 Å². The molecule has 0 bridgehead atoms. The van der Waals surface area contributed by atoms with Crippen LogP contribution in [0.2, 0.25) is 0 Å². The van der Waals surface area contributed by atoms with Crippen molar-refractivity contribution in [1.29, 1.82) is 0 Å². The van der Waals surface area contributed by atoms with E-state index in [9.17, 15) is 19.1 Å². The number of carboxylic acids is 1. The number of urea groups is 1. The Labute approximate surface area is 152 Å². The first-order chi connectivity index (χ1) is 12.4. The zero-order valence-corrected chi connectivity index (χ0v) is 14.9. The van der Waals surface area contributed by atoms with E-state index in [0.29, 0.717) is 18.7 Å². The van der Waals surface area contributed by atoms with Gasteiger partial charge >= 0.3 is 12.0 Å². The quantitative estimate of drug-likeness (QED) is 0.853. The molecule has 142 valence electrons. The molecule has 0 spiro atoms. The van der Waals surface area contributed by atoms with Crippen LogP contribution in [0, 0.1) is 17.7 Å². The van der Waals surface area contributed by atoms with E-state index in [1.54, 1.807) is 6.07 Å². The summed E-state index contributed by atoms with van der Waals surface area (Å²) < 4.78 is 19.9. The van der Waals surface area contributed by atoms with Crippen LogP contribution in [0.5, 0.6) is 5.75 Å². The van der Waals surface area contributed by atoms with Crippen molar-refractivity contribution >= 4 is 17.7 Å². The van der Waals surface area contributed by atoms with Gasteiger partial charge in [-0.25, -0.2) is 9.18 Å². The van der Waals surface area contributed by atoms with E-state index in [1.165, 1.54) is 17.0 Å². The number of carboxylic acid groups (broad SMARTS) is 1. The first-order valence-corrected chi connectivity index (χ1v) is 9.17. The second-order valence-electron chi connectivity index (χ2n) is 7.38. The highest BCUT2D eigenvalue weighted by Crippen LogP contribution is 2.28. The van der Waals surface area contributed by atoms with Gasteiger partial charge in [-0.05, 0) is 50.2 Å². The number of likely N-dealkylation sites (tertiary alicyclic amines) is 1. The van der Waals surface area contributed by atoms with Crippen molar-refractivity contribution in [2.24, 2.45) is 11.8 Å². The molecule has 2 atom stereocenters. The summed E-state index contributed by atoms with van der Waals surface area (Å²) in [6, 6.07) is 3.96. The molecule has 1 saturated heterocycles. The maximum Gasteiger partial charge on any atom is 0.321 e. The molecule has 3 rings (SSSR count). The van der Waals surface area contributed by atoms with Crippen molar-refractivity contribution in [1.82, 2.24) is 4.90 Å². The molecule has 1 heterocycles. The van der Waals surface area contributed by atoms with Crippen molar-refractivity contribution in [2.45, 2.75) is 45.1 Å². The Morgan fingerprint density at radius 3 is 2.65 bits per heavy atom. The van der Waals surface area contributed by atoms with Gasteiger partial charge in [0, 0.05) is 24.8 Å². The van der Waals surface area contributed by atoms with Crippen LogP contribution in [0.4, 0.5) is 14.9 Å². The molecular formula is C19H25FN2O4. The molecule has 2 N–H and O–H groups in total. The third-order valence-electron chi connectivity index (χ3n) is 5.08. The number of hydrogen-bond donors (Lipinski definition) is 2. The van der Waals surface area contributed by atoms with E-state index in [-0.39, 0.29) is 24.3 Å². The number of nitrogens with zero attached hydrogens (tertiary/aromatic N) is 1. The van der Waals surface area contributed by atoms with Gasteiger partial charge in [0.05, 0.1) is 12.0 Å². The van der Waals surface area contributed by atoms with E-state index >= 15 is 0 Å². The van der Waals surface area contributed by atoms with Gasteiger partial charge in [0.15, 0.2) is 11.6 Å². The van der Waals surface area contributed by atoms with Gasteiger partial charge in [-0.2, -0.15) is 0 Å². The number of hydrogen-bond acceptors (Lipinski definition) is 3. The topological polar surface area (TPSA) is 78.9 Å². The monoisotopic (exact) mass is 364 g/mol. The Balaban J connectivity index is 1.61. The minimum Gasteiger partial charge on any atom is -0.487 e. The third kappa shape index (κ3) is 4.45. The number of halogens is 1. The van der Waals surface area contributed by atoms with Gasteiger partial charge in [-0.3, -0.25) is 4.79 Å². The minimum atomic E-state index is -0.895. The van der Waals surface area contributed by atoms with Crippen molar-refractivity contribution in [3.8, 4) is 5.75 Å². The standard InChI is InChI=1S/C19H25FN2O4/c1-12-8-13(18(23)24)11-22(10-12)19(25)21-14-6-7-17(16(20)9-14)26-15-4-2-3-5-15/h6-7,9,12-13,15H,2-5,8,10-11H2,1H3,(H,21,25)(H,23,24). The molecule has 7 heteroatoms. The molecule has 1 aromatic rings. The maximum absolute atomic E-state index is 14.3. The fourth-order valence-corrected chi connectivity index (χ4v) is 3.76. The van der Waals surface area contributed by atoms with E-state index < -0.39 is 23.7 Å². The molecular weight excluding hydrogens is 339 g/mol. The molecule has 1 aromatic carbocycles. The lowest BCUT2D eigenvalue weighted by Crippen LogP contribution is -2.47. The number of amides is 2. The number of ether oxygens (including phenoxy) is 1. The lowest BCUT2D eigenvalue weighted by atomic mass is 9.91. The zero-order chi connectivity index (χ0) is 18.7. The molecule has 26 heavy (non-hydrogen) atoms. The molecule has 1 aliphatic heterocycles. The van der Waals surface area contributed by atoms with Gasteiger partial charge in [-0.15, -0.1) is 0 Å². The highest BCUT2D eigenvalue weighted by Gasteiger charge is 2.32. The predicted molar refractivity (Wildman–Crippen MR) is 94.8 cm³/mol. The van der Waals surface area contributed by atoms with Crippen molar-refractivity contribution < 1.29 is 23.8 Å². The average Bonchev–Trinajstić information content (AvgIpc) is 3.10. The number of nitrogens with one attached hydrogen (secondary N) is 1. The number of carbonyl (C=O) groups is 2. The van der Waals surface area contributed by atoms with Crippen LogP contribution >= 0.6 is 0 Å². The number of aliphatic carboxylic acids is 1. The fraction of sp³-hybridized carbons (Fsp3) is 0.579. The summed E-state index contributed by atoms with van der Waals surface area (Å²) in [6.45, 7) is 2.57. The summed E-state index contributed by atoms with van der Waals surface area (Å²) in [4.78, 5) is 25.1. The number of rotatable bonds is 4. The molecule has 0 radical (unpaired) electrons. The number of benzene rings is 1. The predicted octanol–water partition coefficient (Wildman–Crippen LogP) is 3.72. The minimum absolute atomic E-state index is 0.0627. The second-order valence-corrected chi connectivity index (χ2v) is 7.38. The molecule has 2 unspecified atom stereocenters. The van der Waals surface area contributed by atoms with Crippen molar-refractivity contribution in [2.75, 3.05) is 18.4 Å². The molecule has 0 aromatic heterocycles. The Morgan fingerprint density at radius 1 is 1.27 bits per heavy atom. The van der Waals surface area contributed by atoms with Crippen LogP contribution in [0.25, 0.3) is 0 Å². The maximum atomic E-state index is 14.3. The molecule has 2 aliphatic rings. The molecule has 6 nitrogen and oxygen atoms in total. The van der Waals surface area contributed by atoms with Gasteiger partial charge in [0.2, 0.25) is 0 Å². The van der Waals surface area contributed by atoms with Crippen LogP contribution in [0.1, 0.15) is 39.0 Å². The van der Waals surface area contributed by atoms with Crippen molar-refractivity contribution in [3.63, 3.8) is 0 Å². The molecule has 1 aliphatic carbocycles. The van der Waals surface area contributed by atoms with Crippen LogP contribution in [-0.2, 0) is 4.79 Å². The van der Waals surface area contributed by atoms with Crippen molar-refractivity contribution in [3.05, 3.63) is 24.0 Å². The van der Waals surface area contributed by atoms with Gasteiger partial charge < -0.3 is 20.1 Å².